The predicted molar refractivity (Wildman–Crippen MR) is 156 cm³/mol. The molecule has 1 aromatic carbocycles. The van der Waals surface area contributed by atoms with Gasteiger partial charge >= 0.3 is 0 Å². The van der Waals surface area contributed by atoms with Gasteiger partial charge in [0.25, 0.3) is 5.91 Å². The van der Waals surface area contributed by atoms with Crippen LogP contribution >= 0.6 is 11.6 Å². The molecule has 0 aliphatic heterocycles. The van der Waals surface area contributed by atoms with Crippen LogP contribution in [-0.4, -0.2) is 61.9 Å². The third kappa shape index (κ3) is 9.04. The van der Waals surface area contributed by atoms with Crippen molar-refractivity contribution in [2.24, 2.45) is 0 Å². The molecular weight excluding hydrogens is 626 g/mol. The number of Topliss-reactive ketones (excluding diaryl/α,β-unsaturated/α-hetero) is 2. The van der Waals surface area contributed by atoms with Gasteiger partial charge in [-0.3, -0.25) is 14.4 Å². The van der Waals surface area contributed by atoms with E-state index < -0.39 is 39.7 Å². The molecule has 1 fully saturated rings. The summed E-state index contributed by atoms with van der Waals surface area (Å²) in [5, 5.41) is 10.3. The molecule has 16 heteroatoms. The van der Waals surface area contributed by atoms with Crippen molar-refractivity contribution in [3.05, 3.63) is 28.3 Å². The Balaban J connectivity index is 0.000000960. The number of rotatable bonds is 7. The van der Waals surface area contributed by atoms with Crippen LogP contribution in [0.1, 0.15) is 38.7 Å². The number of hydrogen-bond acceptors (Lipinski definition) is 9. The molecule has 1 aliphatic rings. The maximum Gasteiger partial charge on any atom is 0.260 e. The summed E-state index contributed by atoms with van der Waals surface area (Å²) in [6.45, 7) is 3.15. The SMILES string of the molecule is CCN(C)C(=O)COc1c(S(=O)(=O)CC)ccc(C(O)=C2C(=O)CCCC2=O)c1Cl.S=S=S=S=S=S. The average Bonchev–Trinajstić information content (AvgIpc) is 2.85. The fraction of sp³-hybridized carbons (Fsp3) is 0.450. The number of aliphatic hydroxyl groups is 1. The molecule has 0 radical (unpaired) electrons. The van der Waals surface area contributed by atoms with Gasteiger partial charge in [-0.25, -0.2) is 8.42 Å². The fourth-order valence-corrected chi connectivity index (χ4v) is 9.80. The van der Waals surface area contributed by atoms with E-state index in [2.05, 4.69) is 22.4 Å². The first kappa shape index (κ1) is 33.0. The maximum atomic E-state index is 12.5. The Kier molecular flexibility index (Phi) is 14.7. The van der Waals surface area contributed by atoms with E-state index in [4.69, 9.17) is 16.3 Å². The highest BCUT2D eigenvalue weighted by atomic mass is 35.5. The highest BCUT2D eigenvalue weighted by Crippen LogP contribution is 2.39. The summed E-state index contributed by atoms with van der Waals surface area (Å²) in [4.78, 5) is 37.5. The number of sulfone groups is 1. The second kappa shape index (κ2) is 16.0. The lowest BCUT2D eigenvalue weighted by molar-refractivity contribution is -0.132. The van der Waals surface area contributed by atoms with E-state index in [1.807, 2.05) is 0 Å². The number of carbonyl (C=O) groups is 3. The quantitative estimate of drug-likeness (QED) is 0.270. The molecule has 1 N–H and O–H groups in total. The van der Waals surface area contributed by atoms with Gasteiger partial charge in [0.2, 0.25) is 0 Å². The zero-order valence-corrected chi connectivity index (χ0v) is 25.9. The number of nitrogens with zero attached hydrogens (tertiary/aromatic N) is 1. The molecule has 1 aliphatic carbocycles. The number of halogens is 1. The molecule has 0 atom stereocenters. The summed E-state index contributed by atoms with van der Waals surface area (Å²) < 4.78 is 30.4. The molecule has 8 nitrogen and oxygen atoms in total. The minimum atomic E-state index is -3.78. The van der Waals surface area contributed by atoms with Gasteiger partial charge in [0.15, 0.2) is 33.8 Å². The minimum absolute atomic E-state index is 0.114. The van der Waals surface area contributed by atoms with Crippen molar-refractivity contribution in [2.45, 2.75) is 38.0 Å². The second-order valence-corrected chi connectivity index (χ2v) is 16.8. The van der Waals surface area contributed by atoms with E-state index in [0.717, 1.165) is 0 Å². The van der Waals surface area contributed by atoms with Gasteiger partial charge in [0.1, 0.15) is 16.2 Å². The number of amides is 1. The average molecular weight is 650 g/mol. The second-order valence-electron chi connectivity index (χ2n) is 7.05. The van der Waals surface area contributed by atoms with Crippen LogP contribution in [0.15, 0.2) is 22.6 Å². The summed E-state index contributed by atoms with van der Waals surface area (Å²) in [7, 11) is 3.41. The maximum absolute atomic E-state index is 12.5. The largest absolute Gasteiger partial charge is 0.506 e. The number of hydrogen-bond donors (Lipinski definition) is 1. The van der Waals surface area contributed by atoms with Crippen LogP contribution in [0.25, 0.3) is 5.76 Å². The van der Waals surface area contributed by atoms with Gasteiger partial charge in [-0.2, -0.15) is 0 Å². The van der Waals surface area contributed by atoms with Gasteiger partial charge < -0.3 is 14.7 Å². The predicted octanol–water partition coefficient (Wildman–Crippen LogP) is 2.57. The molecule has 0 aromatic heterocycles. The molecule has 2 rings (SSSR count). The monoisotopic (exact) mass is 649 g/mol. The summed E-state index contributed by atoms with van der Waals surface area (Å²) in [6.07, 6.45) is 0.635. The van der Waals surface area contributed by atoms with Gasteiger partial charge in [-0.1, -0.05) is 18.5 Å². The van der Waals surface area contributed by atoms with Crippen LogP contribution in [0.2, 0.25) is 5.02 Å². The van der Waals surface area contributed by atoms with E-state index in [9.17, 15) is 27.9 Å². The standard InChI is InChI=1S/C20H24ClNO7S.S6/c1-4-22(3)16(25)11-29-20-15(30(27,28)5-2)10-9-12(18(20)21)19(26)17-13(23)7-6-8-14(17)24;1-3-5-6-4-2/h9-10,26H,4-8,11H2,1-3H3;. The van der Waals surface area contributed by atoms with Crippen molar-refractivity contribution in [1.82, 2.24) is 4.90 Å². The normalized spacial score (nSPS) is 13.2. The van der Waals surface area contributed by atoms with Crippen LogP contribution in [0, 0.1) is 0 Å². The lowest BCUT2D eigenvalue weighted by atomic mass is 9.90. The van der Waals surface area contributed by atoms with Crippen LogP contribution in [0.4, 0.5) is 0 Å². The van der Waals surface area contributed by atoms with Crippen LogP contribution < -0.4 is 4.74 Å². The van der Waals surface area contributed by atoms with Gasteiger partial charge in [0.05, 0.1) is 10.8 Å². The van der Waals surface area contributed by atoms with Gasteiger partial charge in [0, 0.05) is 89.9 Å². The summed E-state index contributed by atoms with van der Waals surface area (Å²) in [6, 6.07) is 2.40. The zero-order chi connectivity index (χ0) is 27.5. The van der Waals surface area contributed by atoms with Crippen molar-refractivity contribution in [3.8, 4) is 5.75 Å². The molecule has 1 amide bonds. The van der Waals surface area contributed by atoms with E-state index in [0.29, 0.717) is 13.0 Å². The fourth-order valence-electron chi connectivity index (χ4n) is 2.91. The topological polar surface area (TPSA) is 118 Å². The van der Waals surface area contributed by atoms with Crippen molar-refractivity contribution < 1.29 is 32.6 Å². The Morgan fingerprint density at radius 2 is 1.69 bits per heavy atom. The first-order valence-corrected chi connectivity index (χ1v) is 19.0. The van der Waals surface area contributed by atoms with Crippen molar-refractivity contribution >= 4 is 103 Å². The first-order valence-electron chi connectivity index (χ1n) is 10.3. The van der Waals surface area contributed by atoms with Crippen LogP contribution in [0.5, 0.6) is 5.75 Å². The zero-order valence-electron chi connectivity index (χ0n) is 19.5. The van der Waals surface area contributed by atoms with Crippen LogP contribution in [-0.2, 0) is 82.1 Å². The molecule has 0 heterocycles. The minimum Gasteiger partial charge on any atom is -0.506 e. The molecule has 0 spiro atoms. The molecule has 1 saturated carbocycles. The Hall–Kier alpha value is -1.07. The smallest absolute Gasteiger partial charge is 0.260 e. The summed E-state index contributed by atoms with van der Waals surface area (Å²) in [5.41, 5.74) is -0.474. The summed E-state index contributed by atoms with van der Waals surface area (Å²) in [5.74, 6) is -2.60. The highest BCUT2D eigenvalue weighted by molar-refractivity contribution is 8.64. The van der Waals surface area contributed by atoms with E-state index in [1.54, 1.807) is 14.0 Å². The molecule has 0 unspecified atom stereocenters. The Labute approximate surface area is 236 Å². The van der Waals surface area contributed by atoms with Crippen LogP contribution in [0.3, 0.4) is 0 Å². The van der Waals surface area contributed by atoms with E-state index >= 15 is 0 Å². The van der Waals surface area contributed by atoms with Gasteiger partial charge in [-0.05, 0) is 25.5 Å². The molecule has 0 saturated heterocycles. The third-order valence-corrected chi connectivity index (χ3v) is 13.8. The number of aliphatic hydroxyl groups excluding tert-OH is 1. The number of ketones is 2. The molecule has 36 heavy (non-hydrogen) atoms. The molecule has 0 bridgehead atoms. The van der Waals surface area contributed by atoms with Crippen molar-refractivity contribution in [2.75, 3.05) is 26.0 Å². The Bertz CT molecular complexity index is 1300. The lowest BCUT2D eigenvalue weighted by Gasteiger charge is -2.19. The van der Waals surface area contributed by atoms with E-state index in [-0.39, 0.29) is 45.4 Å². The number of benzene rings is 1. The Morgan fingerprint density at radius 3 is 2.17 bits per heavy atom. The highest BCUT2D eigenvalue weighted by Gasteiger charge is 2.30. The molecule has 200 valence electrons. The molecular formula is C20H24ClNO7S7. The number of likely N-dealkylation sites (N-methyl/N-ethyl adjacent to an activating group) is 1. The number of carbonyl (C=O) groups excluding carboxylic acids is 3. The third-order valence-electron chi connectivity index (χ3n) is 4.96. The van der Waals surface area contributed by atoms with Gasteiger partial charge in [-0.15, -0.1) is 0 Å². The molecule has 1 aromatic rings. The first-order chi connectivity index (χ1) is 17.0. The Morgan fingerprint density at radius 1 is 1.14 bits per heavy atom. The lowest BCUT2D eigenvalue weighted by Crippen LogP contribution is -2.31. The van der Waals surface area contributed by atoms with Crippen molar-refractivity contribution in [3.63, 3.8) is 0 Å². The van der Waals surface area contributed by atoms with Crippen molar-refractivity contribution in [1.29, 1.82) is 0 Å². The van der Waals surface area contributed by atoms with E-state index in [1.165, 1.54) is 59.5 Å². The summed E-state index contributed by atoms with van der Waals surface area (Å²) >= 11 is 15.4. The number of ether oxygens (including phenoxy) is 1. The number of allylic oxidation sites excluding steroid dienone is 1.